The fraction of sp³-hybridized carbons (Fsp3) is 0.800. The lowest BCUT2D eigenvalue weighted by Crippen LogP contribution is -2.58. The van der Waals surface area contributed by atoms with Crippen LogP contribution in [0.15, 0.2) is 0 Å². The number of nitrogens with one attached hydrogen (secondary N) is 2. The van der Waals surface area contributed by atoms with Gasteiger partial charge in [-0.3, -0.25) is 9.59 Å². The normalized spacial score (nSPS) is 35.6. The molecule has 0 aromatic carbocycles. The van der Waals surface area contributed by atoms with Crippen molar-refractivity contribution in [2.75, 3.05) is 0 Å². The van der Waals surface area contributed by atoms with E-state index in [0.29, 0.717) is 11.8 Å². The summed E-state index contributed by atoms with van der Waals surface area (Å²) in [6.45, 7) is 4.26. The van der Waals surface area contributed by atoms with E-state index < -0.39 is 17.5 Å². The molecule has 0 bridgehead atoms. The van der Waals surface area contributed by atoms with E-state index in [4.69, 9.17) is 0 Å². The zero-order valence-corrected chi connectivity index (χ0v) is 8.59. The zero-order chi connectivity index (χ0) is 10.3. The summed E-state index contributed by atoms with van der Waals surface area (Å²) in [5, 5.41) is 5.60. The van der Waals surface area contributed by atoms with Gasteiger partial charge in [-0.15, -0.1) is 0 Å². The number of carbonyl (C=O) groups excluding carboxylic acids is 2. The summed E-state index contributed by atoms with van der Waals surface area (Å²) < 4.78 is 0. The molecule has 4 heteroatoms. The first-order valence-electron chi connectivity index (χ1n) is 5.20. The monoisotopic (exact) mass is 196 g/mol. The average molecular weight is 196 g/mol. The van der Waals surface area contributed by atoms with Crippen LogP contribution in [0.25, 0.3) is 0 Å². The van der Waals surface area contributed by atoms with Crippen LogP contribution >= 0.6 is 0 Å². The Bertz CT molecular complexity index is 272. The molecule has 2 amide bonds. The predicted octanol–water partition coefficient (Wildman–Crippen LogP) is 0.385. The first-order valence-corrected chi connectivity index (χ1v) is 5.20. The number of amides is 2. The van der Waals surface area contributed by atoms with Crippen molar-refractivity contribution in [1.82, 2.24) is 10.6 Å². The second-order valence-corrected chi connectivity index (χ2v) is 4.54. The third-order valence-corrected chi connectivity index (χ3v) is 3.74. The maximum atomic E-state index is 11.2. The van der Waals surface area contributed by atoms with Gasteiger partial charge in [0.1, 0.15) is 5.66 Å². The highest BCUT2D eigenvalue weighted by molar-refractivity contribution is 6.37. The van der Waals surface area contributed by atoms with Crippen molar-refractivity contribution >= 4 is 11.8 Å². The molecule has 0 aromatic heterocycles. The van der Waals surface area contributed by atoms with E-state index in [1.165, 1.54) is 6.42 Å². The molecule has 1 aliphatic carbocycles. The fourth-order valence-corrected chi connectivity index (χ4v) is 2.57. The van der Waals surface area contributed by atoms with E-state index in [0.717, 1.165) is 12.8 Å². The molecule has 78 valence electrons. The first-order chi connectivity index (χ1) is 6.55. The van der Waals surface area contributed by atoms with Gasteiger partial charge in [0.2, 0.25) is 0 Å². The maximum Gasteiger partial charge on any atom is 0.311 e. The van der Waals surface area contributed by atoms with E-state index in [-0.39, 0.29) is 0 Å². The number of hydrogen-bond donors (Lipinski definition) is 2. The van der Waals surface area contributed by atoms with Crippen LogP contribution in [0, 0.1) is 11.8 Å². The van der Waals surface area contributed by atoms with Crippen LogP contribution in [0.5, 0.6) is 0 Å². The van der Waals surface area contributed by atoms with Gasteiger partial charge < -0.3 is 10.6 Å². The van der Waals surface area contributed by atoms with Gasteiger partial charge in [-0.2, -0.15) is 0 Å². The van der Waals surface area contributed by atoms with Gasteiger partial charge in [0.05, 0.1) is 0 Å². The Morgan fingerprint density at radius 1 is 1.21 bits per heavy atom. The summed E-state index contributed by atoms with van der Waals surface area (Å²) in [5.41, 5.74) is -0.453. The maximum absolute atomic E-state index is 11.2. The molecular formula is C10H16N2O2. The minimum absolute atomic E-state index is 0.312. The second-order valence-electron chi connectivity index (χ2n) is 4.54. The number of hydrogen-bond acceptors (Lipinski definition) is 2. The van der Waals surface area contributed by atoms with Crippen LogP contribution in [-0.4, -0.2) is 17.5 Å². The molecule has 2 fully saturated rings. The van der Waals surface area contributed by atoms with Crippen molar-refractivity contribution in [2.45, 2.75) is 38.8 Å². The molecule has 1 heterocycles. The Morgan fingerprint density at radius 2 is 1.79 bits per heavy atom. The smallest absolute Gasteiger partial charge is 0.311 e. The van der Waals surface area contributed by atoms with Crippen LogP contribution < -0.4 is 10.6 Å². The van der Waals surface area contributed by atoms with Crippen molar-refractivity contribution in [1.29, 1.82) is 0 Å². The largest absolute Gasteiger partial charge is 0.325 e. The molecule has 2 N–H and O–H groups in total. The summed E-state index contributed by atoms with van der Waals surface area (Å²) in [6.07, 6.45) is 3.09. The predicted molar refractivity (Wildman–Crippen MR) is 51.2 cm³/mol. The highest BCUT2D eigenvalue weighted by Gasteiger charge is 2.49. The van der Waals surface area contributed by atoms with Crippen molar-refractivity contribution in [2.24, 2.45) is 11.8 Å². The summed E-state index contributed by atoms with van der Waals surface area (Å²) >= 11 is 0. The SMILES string of the molecule is CC1CCCC2(NC(=O)C(=O)N2)C1C. The molecule has 1 aliphatic heterocycles. The topological polar surface area (TPSA) is 58.2 Å². The van der Waals surface area contributed by atoms with Crippen LogP contribution in [0.1, 0.15) is 33.1 Å². The Kier molecular flexibility index (Phi) is 2.01. The third kappa shape index (κ3) is 1.21. The van der Waals surface area contributed by atoms with Crippen LogP contribution in [-0.2, 0) is 9.59 Å². The highest BCUT2D eigenvalue weighted by Crippen LogP contribution is 2.37. The van der Waals surface area contributed by atoms with Gasteiger partial charge in [-0.1, -0.05) is 20.3 Å². The second kappa shape index (κ2) is 2.97. The average Bonchev–Trinajstić information content (AvgIpc) is 2.40. The summed E-state index contributed by atoms with van der Waals surface area (Å²) in [5.74, 6) is -0.106. The standard InChI is InChI=1S/C10H16N2O2/c1-6-4-3-5-10(7(6)2)11-8(13)9(14)12-10/h6-7H,3-5H2,1-2H3,(H,11,13)(H,12,14). The van der Waals surface area contributed by atoms with Gasteiger partial charge in [-0.05, 0) is 18.8 Å². The van der Waals surface area contributed by atoms with Gasteiger partial charge in [-0.25, -0.2) is 0 Å². The van der Waals surface area contributed by atoms with Gasteiger partial charge in [0, 0.05) is 5.92 Å². The molecule has 1 saturated heterocycles. The van der Waals surface area contributed by atoms with E-state index >= 15 is 0 Å². The summed E-state index contributed by atoms with van der Waals surface area (Å²) in [4.78, 5) is 22.4. The van der Waals surface area contributed by atoms with E-state index in [2.05, 4.69) is 24.5 Å². The first kappa shape index (κ1) is 9.49. The van der Waals surface area contributed by atoms with Crippen molar-refractivity contribution in [3.63, 3.8) is 0 Å². The van der Waals surface area contributed by atoms with E-state index in [9.17, 15) is 9.59 Å². The molecule has 0 radical (unpaired) electrons. The molecule has 1 spiro atoms. The van der Waals surface area contributed by atoms with Crippen LogP contribution in [0.2, 0.25) is 0 Å². The molecule has 2 aliphatic rings. The van der Waals surface area contributed by atoms with Crippen LogP contribution in [0.4, 0.5) is 0 Å². The molecule has 2 atom stereocenters. The van der Waals surface area contributed by atoms with Gasteiger partial charge >= 0.3 is 11.8 Å². The lowest BCUT2D eigenvalue weighted by Gasteiger charge is -2.42. The fourth-order valence-electron chi connectivity index (χ4n) is 2.57. The van der Waals surface area contributed by atoms with E-state index in [1.54, 1.807) is 0 Å². The number of rotatable bonds is 0. The Hall–Kier alpha value is -1.06. The highest BCUT2D eigenvalue weighted by atomic mass is 16.2. The lowest BCUT2D eigenvalue weighted by atomic mass is 9.74. The quantitative estimate of drug-likeness (QED) is 0.550. The molecular weight excluding hydrogens is 180 g/mol. The Balaban J connectivity index is 2.23. The molecule has 4 nitrogen and oxygen atoms in total. The molecule has 14 heavy (non-hydrogen) atoms. The minimum atomic E-state index is -0.481. The summed E-state index contributed by atoms with van der Waals surface area (Å²) in [7, 11) is 0. The molecule has 2 rings (SSSR count). The van der Waals surface area contributed by atoms with Crippen molar-refractivity contribution in [3.8, 4) is 0 Å². The molecule has 0 aromatic rings. The Morgan fingerprint density at radius 3 is 2.36 bits per heavy atom. The van der Waals surface area contributed by atoms with Gasteiger partial charge in [0.15, 0.2) is 0 Å². The van der Waals surface area contributed by atoms with Gasteiger partial charge in [0.25, 0.3) is 0 Å². The third-order valence-electron chi connectivity index (χ3n) is 3.74. The minimum Gasteiger partial charge on any atom is -0.325 e. The Labute approximate surface area is 83.4 Å². The zero-order valence-electron chi connectivity index (χ0n) is 8.59. The van der Waals surface area contributed by atoms with E-state index in [1.807, 2.05) is 0 Å². The lowest BCUT2D eigenvalue weighted by molar-refractivity contribution is -0.135. The summed E-state index contributed by atoms with van der Waals surface area (Å²) in [6, 6.07) is 0. The molecule has 1 saturated carbocycles. The molecule has 2 unspecified atom stereocenters. The van der Waals surface area contributed by atoms with Crippen LogP contribution in [0.3, 0.4) is 0 Å². The number of carbonyl (C=O) groups is 2. The van der Waals surface area contributed by atoms with Crippen molar-refractivity contribution < 1.29 is 9.59 Å². The van der Waals surface area contributed by atoms with Crippen molar-refractivity contribution in [3.05, 3.63) is 0 Å².